The molecule has 1 aromatic carbocycles. The molecule has 3 heteroatoms. The number of methoxy groups -OCH3 is 1. The summed E-state index contributed by atoms with van der Waals surface area (Å²) in [6, 6.07) is 6.68. The summed E-state index contributed by atoms with van der Waals surface area (Å²) in [4.78, 5) is 0. The molecule has 1 aromatic rings. The molecule has 1 atom stereocenters. The van der Waals surface area contributed by atoms with Gasteiger partial charge in [-0.15, -0.1) is 0 Å². The van der Waals surface area contributed by atoms with Gasteiger partial charge in [0.1, 0.15) is 5.75 Å². The van der Waals surface area contributed by atoms with Gasteiger partial charge in [-0.1, -0.05) is 37.9 Å². The lowest BCUT2D eigenvalue weighted by Gasteiger charge is -2.18. The van der Waals surface area contributed by atoms with Crippen LogP contribution in [0.15, 0.2) is 18.2 Å². The SMILES string of the molecule is CCCNC(CCC)CCc1ccc(Cl)c(OC)c1. The molecule has 1 unspecified atom stereocenters. The number of halogens is 1. The molecule has 108 valence electrons. The molecule has 0 aliphatic carbocycles. The van der Waals surface area contributed by atoms with Crippen molar-refractivity contribution in [1.29, 1.82) is 0 Å². The van der Waals surface area contributed by atoms with Crippen molar-refractivity contribution in [1.82, 2.24) is 5.32 Å². The van der Waals surface area contributed by atoms with E-state index in [1.807, 2.05) is 12.1 Å². The molecule has 0 fully saturated rings. The number of ether oxygens (including phenoxy) is 1. The fraction of sp³-hybridized carbons (Fsp3) is 0.625. The molecule has 0 radical (unpaired) electrons. The first kappa shape index (κ1) is 16.3. The minimum atomic E-state index is 0.617. The molecule has 0 aliphatic rings. The lowest BCUT2D eigenvalue weighted by atomic mass is 10.0. The molecule has 0 heterocycles. The first-order chi connectivity index (χ1) is 9.21. The Morgan fingerprint density at radius 2 is 2.00 bits per heavy atom. The van der Waals surface area contributed by atoms with Crippen molar-refractivity contribution in [2.75, 3.05) is 13.7 Å². The summed E-state index contributed by atoms with van der Waals surface area (Å²) in [5, 5.41) is 4.30. The monoisotopic (exact) mass is 283 g/mol. The van der Waals surface area contributed by atoms with Crippen molar-refractivity contribution < 1.29 is 4.74 Å². The van der Waals surface area contributed by atoms with Gasteiger partial charge in [-0.2, -0.15) is 0 Å². The third-order valence-electron chi connectivity index (χ3n) is 3.32. The predicted octanol–water partition coefficient (Wildman–Crippen LogP) is 4.45. The van der Waals surface area contributed by atoms with Crippen molar-refractivity contribution >= 4 is 11.6 Å². The molecule has 19 heavy (non-hydrogen) atoms. The Hall–Kier alpha value is -0.730. The molecule has 0 spiro atoms. The Balaban J connectivity index is 2.53. The van der Waals surface area contributed by atoms with Crippen LogP contribution in [0.2, 0.25) is 5.02 Å². The van der Waals surface area contributed by atoms with Gasteiger partial charge in [-0.05, 0) is 49.9 Å². The van der Waals surface area contributed by atoms with Crippen LogP contribution in [0.25, 0.3) is 0 Å². The van der Waals surface area contributed by atoms with E-state index < -0.39 is 0 Å². The van der Waals surface area contributed by atoms with Crippen LogP contribution in [-0.2, 0) is 6.42 Å². The Morgan fingerprint density at radius 3 is 2.63 bits per heavy atom. The van der Waals surface area contributed by atoms with Gasteiger partial charge in [0.2, 0.25) is 0 Å². The van der Waals surface area contributed by atoms with E-state index in [-0.39, 0.29) is 0 Å². The summed E-state index contributed by atoms with van der Waals surface area (Å²) in [7, 11) is 1.66. The maximum atomic E-state index is 6.04. The number of hydrogen-bond donors (Lipinski definition) is 1. The highest BCUT2D eigenvalue weighted by Gasteiger charge is 2.08. The van der Waals surface area contributed by atoms with Gasteiger partial charge in [0.15, 0.2) is 0 Å². The standard InChI is InChI=1S/C16H26ClNO/c1-4-6-14(18-11-5-2)9-7-13-8-10-15(17)16(12-13)19-3/h8,10,12,14,18H,4-7,9,11H2,1-3H3. The zero-order valence-electron chi connectivity index (χ0n) is 12.3. The van der Waals surface area contributed by atoms with Crippen LogP contribution in [-0.4, -0.2) is 19.7 Å². The minimum absolute atomic E-state index is 0.617. The summed E-state index contributed by atoms with van der Waals surface area (Å²) >= 11 is 6.04. The Morgan fingerprint density at radius 1 is 1.21 bits per heavy atom. The van der Waals surface area contributed by atoms with Gasteiger partial charge in [0, 0.05) is 6.04 Å². The second-order valence-corrected chi connectivity index (χ2v) is 5.35. The Kier molecular flexibility index (Phi) is 7.92. The Labute approximate surface area is 122 Å². The van der Waals surface area contributed by atoms with Gasteiger partial charge >= 0.3 is 0 Å². The van der Waals surface area contributed by atoms with Crippen LogP contribution in [0.3, 0.4) is 0 Å². The quantitative estimate of drug-likeness (QED) is 0.723. The predicted molar refractivity (Wildman–Crippen MR) is 83.3 cm³/mol. The average molecular weight is 284 g/mol. The van der Waals surface area contributed by atoms with Crippen LogP contribution in [0.5, 0.6) is 5.75 Å². The van der Waals surface area contributed by atoms with Gasteiger partial charge < -0.3 is 10.1 Å². The third-order valence-corrected chi connectivity index (χ3v) is 3.63. The second-order valence-electron chi connectivity index (χ2n) is 4.95. The molecule has 0 aliphatic heterocycles. The lowest BCUT2D eigenvalue weighted by molar-refractivity contribution is 0.413. The van der Waals surface area contributed by atoms with Gasteiger partial charge in [-0.3, -0.25) is 0 Å². The van der Waals surface area contributed by atoms with E-state index in [0.29, 0.717) is 11.1 Å². The summed E-state index contributed by atoms with van der Waals surface area (Å²) < 4.78 is 5.26. The van der Waals surface area contributed by atoms with Crippen LogP contribution in [0.4, 0.5) is 0 Å². The van der Waals surface area contributed by atoms with E-state index in [0.717, 1.165) is 18.7 Å². The number of benzene rings is 1. The van der Waals surface area contributed by atoms with Gasteiger partial charge in [-0.25, -0.2) is 0 Å². The average Bonchev–Trinajstić information content (AvgIpc) is 2.43. The summed E-state index contributed by atoms with van der Waals surface area (Å²) in [6.07, 6.45) is 5.89. The number of hydrogen-bond acceptors (Lipinski definition) is 2. The third kappa shape index (κ3) is 5.84. The van der Waals surface area contributed by atoms with Crippen molar-refractivity contribution in [3.63, 3.8) is 0 Å². The molecule has 1 rings (SSSR count). The maximum absolute atomic E-state index is 6.04. The largest absolute Gasteiger partial charge is 0.495 e. The van der Waals surface area contributed by atoms with Gasteiger partial charge in [0.25, 0.3) is 0 Å². The molecule has 0 aromatic heterocycles. The van der Waals surface area contributed by atoms with E-state index in [2.05, 4.69) is 25.2 Å². The van der Waals surface area contributed by atoms with Crippen LogP contribution in [0, 0.1) is 0 Å². The van der Waals surface area contributed by atoms with Crippen molar-refractivity contribution in [3.8, 4) is 5.75 Å². The molecule has 0 saturated heterocycles. The molecule has 0 bridgehead atoms. The van der Waals surface area contributed by atoms with Crippen molar-refractivity contribution in [3.05, 3.63) is 28.8 Å². The molecule has 1 N–H and O–H groups in total. The molecular weight excluding hydrogens is 258 g/mol. The number of aryl methyl sites for hydroxylation is 1. The lowest BCUT2D eigenvalue weighted by Crippen LogP contribution is -2.30. The number of nitrogens with one attached hydrogen (secondary N) is 1. The fourth-order valence-electron chi connectivity index (χ4n) is 2.25. The summed E-state index contributed by atoms with van der Waals surface area (Å²) in [5.74, 6) is 0.771. The molecule has 0 saturated carbocycles. The molecular formula is C16H26ClNO. The topological polar surface area (TPSA) is 21.3 Å². The first-order valence-corrected chi connectivity index (χ1v) is 7.64. The van der Waals surface area contributed by atoms with E-state index in [1.54, 1.807) is 7.11 Å². The van der Waals surface area contributed by atoms with E-state index in [4.69, 9.17) is 16.3 Å². The van der Waals surface area contributed by atoms with Crippen molar-refractivity contribution in [2.45, 2.75) is 52.0 Å². The van der Waals surface area contributed by atoms with E-state index >= 15 is 0 Å². The zero-order valence-corrected chi connectivity index (χ0v) is 13.1. The van der Waals surface area contributed by atoms with E-state index in [9.17, 15) is 0 Å². The molecule has 2 nitrogen and oxygen atoms in total. The summed E-state index contributed by atoms with van der Waals surface area (Å²) in [6.45, 7) is 5.56. The maximum Gasteiger partial charge on any atom is 0.137 e. The Bertz CT molecular complexity index is 368. The highest BCUT2D eigenvalue weighted by atomic mass is 35.5. The number of rotatable bonds is 9. The van der Waals surface area contributed by atoms with E-state index in [1.165, 1.54) is 31.2 Å². The van der Waals surface area contributed by atoms with Gasteiger partial charge in [0.05, 0.1) is 12.1 Å². The first-order valence-electron chi connectivity index (χ1n) is 7.27. The minimum Gasteiger partial charge on any atom is -0.495 e. The fourth-order valence-corrected chi connectivity index (χ4v) is 2.44. The zero-order chi connectivity index (χ0) is 14.1. The highest BCUT2D eigenvalue weighted by molar-refractivity contribution is 6.32. The summed E-state index contributed by atoms with van der Waals surface area (Å²) in [5.41, 5.74) is 1.29. The van der Waals surface area contributed by atoms with Crippen LogP contribution >= 0.6 is 11.6 Å². The van der Waals surface area contributed by atoms with Crippen molar-refractivity contribution in [2.24, 2.45) is 0 Å². The molecule has 0 amide bonds. The normalized spacial score (nSPS) is 12.4. The highest BCUT2D eigenvalue weighted by Crippen LogP contribution is 2.25. The van der Waals surface area contributed by atoms with Crippen LogP contribution in [0.1, 0.15) is 45.1 Å². The smallest absolute Gasteiger partial charge is 0.137 e. The second kappa shape index (κ2) is 9.22. The van der Waals surface area contributed by atoms with Crippen LogP contribution < -0.4 is 10.1 Å².